The van der Waals surface area contributed by atoms with Crippen molar-refractivity contribution >= 4 is 5.91 Å². The van der Waals surface area contributed by atoms with Crippen LogP contribution in [0.2, 0.25) is 0 Å². The van der Waals surface area contributed by atoms with Crippen LogP contribution in [0.5, 0.6) is 0 Å². The van der Waals surface area contributed by atoms with Gasteiger partial charge in [-0.05, 0) is 31.8 Å². The standard InChI is InChI=1S/C12H24N2O/c1-4-10(2)9-12(15)14(3)11-5-7-13-8-6-11/h10-11,13H,4-9H2,1-3H3. The monoisotopic (exact) mass is 212 g/mol. The minimum Gasteiger partial charge on any atom is -0.343 e. The van der Waals surface area contributed by atoms with E-state index in [0.717, 1.165) is 32.4 Å². The molecule has 1 rings (SSSR count). The molecule has 3 nitrogen and oxygen atoms in total. The maximum absolute atomic E-state index is 11.9. The normalized spacial score (nSPS) is 19.9. The zero-order valence-corrected chi connectivity index (χ0v) is 10.3. The fourth-order valence-electron chi connectivity index (χ4n) is 1.98. The van der Waals surface area contributed by atoms with Gasteiger partial charge in [-0.2, -0.15) is 0 Å². The fraction of sp³-hybridized carbons (Fsp3) is 0.917. The maximum atomic E-state index is 11.9. The number of hydrogen-bond acceptors (Lipinski definition) is 2. The number of carbonyl (C=O) groups excluding carboxylic acids is 1. The molecule has 3 heteroatoms. The van der Waals surface area contributed by atoms with Gasteiger partial charge in [-0.1, -0.05) is 20.3 Å². The number of nitrogens with one attached hydrogen (secondary N) is 1. The number of nitrogens with zero attached hydrogens (tertiary/aromatic N) is 1. The van der Waals surface area contributed by atoms with Crippen LogP contribution in [0.1, 0.15) is 39.5 Å². The molecule has 0 aromatic rings. The Labute approximate surface area is 93.2 Å². The Balaban J connectivity index is 2.37. The van der Waals surface area contributed by atoms with E-state index in [1.807, 2.05) is 11.9 Å². The van der Waals surface area contributed by atoms with E-state index in [9.17, 15) is 4.79 Å². The Morgan fingerprint density at radius 1 is 1.47 bits per heavy atom. The lowest BCUT2D eigenvalue weighted by Crippen LogP contribution is -2.44. The summed E-state index contributed by atoms with van der Waals surface area (Å²) in [5.74, 6) is 0.831. The van der Waals surface area contributed by atoms with Gasteiger partial charge in [0, 0.05) is 19.5 Å². The van der Waals surface area contributed by atoms with Crippen LogP contribution < -0.4 is 5.32 Å². The van der Waals surface area contributed by atoms with Gasteiger partial charge >= 0.3 is 0 Å². The van der Waals surface area contributed by atoms with E-state index >= 15 is 0 Å². The third kappa shape index (κ3) is 3.82. The predicted octanol–water partition coefficient (Wildman–Crippen LogP) is 1.63. The SMILES string of the molecule is CCC(C)CC(=O)N(C)C1CCNCC1. The zero-order chi connectivity index (χ0) is 11.3. The van der Waals surface area contributed by atoms with Crippen molar-refractivity contribution in [2.45, 2.75) is 45.6 Å². The van der Waals surface area contributed by atoms with Crippen LogP contribution in [0.15, 0.2) is 0 Å². The second kappa shape index (κ2) is 6.11. The van der Waals surface area contributed by atoms with Crippen LogP contribution in [0.3, 0.4) is 0 Å². The Hall–Kier alpha value is -0.570. The molecule has 15 heavy (non-hydrogen) atoms. The first-order valence-corrected chi connectivity index (χ1v) is 6.11. The van der Waals surface area contributed by atoms with Crippen LogP contribution in [-0.4, -0.2) is 37.0 Å². The molecule has 1 N–H and O–H groups in total. The van der Waals surface area contributed by atoms with Gasteiger partial charge in [0.2, 0.25) is 5.91 Å². The first-order chi connectivity index (χ1) is 7.15. The van der Waals surface area contributed by atoms with Gasteiger partial charge in [0.15, 0.2) is 0 Å². The smallest absolute Gasteiger partial charge is 0.222 e. The molecule has 1 heterocycles. The van der Waals surface area contributed by atoms with E-state index in [0.29, 0.717) is 24.3 Å². The molecule has 0 aromatic heterocycles. The topological polar surface area (TPSA) is 32.3 Å². The van der Waals surface area contributed by atoms with E-state index < -0.39 is 0 Å². The van der Waals surface area contributed by atoms with Crippen LogP contribution in [0, 0.1) is 5.92 Å². The van der Waals surface area contributed by atoms with E-state index in [2.05, 4.69) is 19.2 Å². The molecule has 0 aromatic carbocycles. The Bertz CT molecular complexity index is 200. The quantitative estimate of drug-likeness (QED) is 0.768. The Morgan fingerprint density at radius 3 is 2.60 bits per heavy atom. The first-order valence-electron chi connectivity index (χ1n) is 6.11. The summed E-state index contributed by atoms with van der Waals surface area (Å²) in [6.45, 7) is 6.38. The molecule has 1 amide bonds. The molecule has 1 aliphatic heterocycles. The molecular weight excluding hydrogens is 188 g/mol. The van der Waals surface area contributed by atoms with E-state index in [1.165, 1.54) is 0 Å². The van der Waals surface area contributed by atoms with Crippen molar-refractivity contribution in [3.8, 4) is 0 Å². The third-order valence-electron chi connectivity index (χ3n) is 3.47. The van der Waals surface area contributed by atoms with Crippen LogP contribution in [0.4, 0.5) is 0 Å². The van der Waals surface area contributed by atoms with Crippen molar-refractivity contribution < 1.29 is 4.79 Å². The van der Waals surface area contributed by atoms with E-state index in [4.69, 9.17) is 0 Å². The van der Waals surface area contributed by atoms with Gasteiger partial charge in [0.05, 0.1) is 0 Å². The van der Waals surface area contributed by atoms with Crippen molar-refractivity contribution in [1.29, 1.82) is 0 Å². The maximum Gasteiger partial charge on any atom is 0.222 e. The highest BCUT2D eigenvalue weighted by molar-refractivity contribution is 5.76. The molecule has 1 saturated heterocycles. The second-order valence-corrected chi connectivity index (χ2v) is 4.70. The van der Waals surface area contributed by atoms with E-state index in [1.54, 1.807) is 0 Å². The first kappa shape index (κ1) is 12.5. The summed E-state index contributed by atoms with van der Waals surface area (Å²) < 4.78 is 0. The highest BCUT2D eigenvalue weighted by Crippen LogP contribution is 2.14. The molecule has 1 aliphatic rings. The number of amides is 1. The van der Waals surface area contributed by atoms with Crippen molar-refractivity contribution in [2.75, 3.05) is 20.1 Å². The molecule has 1 fully saturated rings. The summed E-state index contributed by atoms with van der Waals surface area (Å²) in [6, 6.07) is 0.461. The summed E-state index contributed by atoms with van der Waals surface area (Å²) in [5, 5.41) is 3.32. The summed E-state index contributed by atoms with van der Waals surface area (Å²) in [7, 11) is 1.96. The van der Waals surface area contributed by atoms with Gasteiger partial charge in [0.1, 0.15) is 0 Å². The number of hydrogen-bond donors (Lipinski definition) is 1. The third-order valence-corrected chi connectivity index (χ3v) is 3.47. The lowest BCUT2D eigenvalue weighted by molar-refractivity contribution is -0.133. The molecule has 88 valence electrons. The molecule has 1 atom stereocenters. The van der Waals surface area contributed by atoms with Gasteiger partial charge < -0.3 is 10.2 Å². The van der Waals surface area contributed by atoms with Crippen molar-refractivity contribution in [3.63, 3.8) is 0 Å². The molecular formula is C12H24N2O. The van der Waals surface area contributed by atoms with Gasteiger partial charge in [-0.15, -0.1) is 0 Å². The molecule has 0 saturated carbocycles. The van der Waals surface area contributed by atoms with Crippen LogP contribution >= 0.6 is 0 Å². The average molecular weight is 212 g/mol. The molecule has 0 bridgehead atoms. The summed E-state index contributed by atoms with van der Waals surface area (Å²) >= 11 is 0. The van der Waals surface area contributed by atoms with E-state index in [-0.39, 0.29) is 0 Å². The zero-order valence-electron chi connectivity index (χ0n) is 10.3. The minimum atomic E-state index is 0.316. The largest absolute Gasteiger partial charge is 0.343 e. The van der Waals surface area contributed by atoms with Crippen molar-refractivity contribution in [2.24, 2.45) is 5.92 Å². The summed E-state index contributed by atoms with van der Waals surface area (Å²) in [6.07, 6.45) is 3.99. The summed E-state index contributed by atoms with van der Waals surface area (Å²) in [4.78, 5) is 13.9. The predicted molar refractivity (Wildman–Crippen MR) is 62.7 cm³/mol. The average Bonchev–Trinajstić information content (AvgIpc) is 2.29. The number of carbonyl (C=O) groups is 1. The molecule has 0 aliphatic carbocycles. The fourth-order valence-corrected chi connectivity index (χ4v) is 1.98. The highest BCUT2D eigenvalue weighted by atomic mass is 16.2. The number of piperidine rings is 1. The van der Waals surface area contributed by atoms with Gasteiger partial charge in [-0.3, -0.25) is 4.79 Å². The molecule has 0 spiro atoms. The lowest BCUT2D eigenvalue weighted by atomic mass is 10.0. The lowest BCUT2D eigenvalue weighted by Gasteiger charge is -2.32. The van der Waals surface area contributed by atoms with Crippen LogP contribution in [0.25, 0.3) is 0 Å². The summed E-state index contributed by atoms with van der Waals surface area (Å²) in [5.41, 5.74) is 0. The van der Waals surface area contributed by atoms with Crippen molar-refractivity contribution in [3.05, 3.63) is 0 Å². The number of rotatable bonds is 4. The molecule has 0 radical (unpaired) electrons. The van der Waals surface area contributed by atoms with Gasteiger partial charge in [-0.25, -0.2) is 0 Å². The van der Waals surface area contributed by atoms with Crippen LogP contribution in [-0.2, 0) is 4.79 Å². The minimum absolute atomic E-state index is 0.316. The Kier molecular flexibility index (Phi) is 5.09. The highest BCUT2D eigenvalue weighted by Gasteiger charge is 2.22. The molecule has 1 unspecified atom stereocenters. The van der Waals surface area contributed by atoms with Gasteiger partial charge in [0.25, 0.3) is 0 Å². The Morgan fingerprint density at radius 2 is 2.07 bits per heavy atom. The van der Waals surface area contributed by atoms with Crippen molar-refractivity contribution in [1.82, 2.24) is 10.2 Å². The second-order valence-electron chi connectivity index (χ2n) is 4.70.